The molecule has 1 aromatic rings. The standard InChI is InChI=1S/C10H12O3/c1-2-8-5-3-4-6-9(8)13-7-10(11)12/h3-6H,2,7H2,1H3,(H,11,12)/p-1. The summed E-state index contributed by atoms with van der Waals surface area (Å²) in [4.78, 5) is 10.1. The maximum atomic E-state index is 10.1. The Balaban J connectivity index is 2.69. The summed E-state index contributed by atoms with van der Waals surface area (Å²) in [5.74, 6) is -0.583. The van der Waals surface area contributed by atoms with E-state index in [-0.39, 0.29) is 0 Å². The molecule has 3 heteroatoms. The van der Waals surface area contributed by atoms with E-state index in [4.69, 9.17) is 4.74 Å². The Kier molecular flexibility index (Phi) is 3.31. The lowest BCUT2D eigenvalue weighted by molar-refractivity contribution is -0.307. The quantitative estimate of drug-likeness (QED) is 0.671. The van der Waals surface area contributed by atoms with Gasteiger partial charge in [-0.15, -0.1) is 0 Å². The van der Waals surface area contributed by atoms with Crippen LogP contribution in [0.5, 0.6) is 5.75 Å². The van der Waals surface area contributed by atoms with E-state index in [1.165, 1.54) is 0 Å². The molecule has 0 spiro atoms. The number of carboxylic acids is 1. The smallest absolute Gasteiger partial charge is 0.128 e. The van der Waals surface area contributed by atoms with Crippen molar-refractivity contribution in [2.75, 3.05) is 6.61 Å². The first-order chi connectivity index (χ1) is 6.24. The van der Waals surface area contributed by atoms with Gasteiger partial charge in [0.1, 0.15) is 12.4 Å². The maximum absolute atomic E-state index is 10.1. The fourth-order valence-corrected chi connectivity index (χ4v) is 1.07. The number of rotatable bonds is 4. The van der Waals surface area contributed by atoms with Crippen molar-refractivity contribution >= 4 is 5.97 Å². The predicted octanol–water partition coefficient (Wildman–Crippen LogP) is 0.378. The van der Waals surface area contributed by atoms with Crippen molar-refractivity contribution in [2.24, 2.45) is 0 Å². The first-order valence-electron chi connectivity index (χ1n) is 4.14. The first-order valence-corrected chi connectivity index (χ1v) is 4.14. The fraction of sp³-hybridized carbons (Fsp3) is 0.300. The van der Waals surface area contributed by atoms with Gasteiger partial charge in [-0.2, -0.15) is 0 Å². The van der Waals surface area contributed by atoms with Crippen LogP contribution in [-0.4, -0.2) is 12.6 Å². The third-order valence-corrected chi connectivity index (χ3v) is 1.70. The van der Waals surface area contributed by atoms with Gasteiger partial charge in [-0.05, 0) is 18.1 Å². The van der Waals surface area contributed by atoms with Crippen LogP contribution in [0.15, 0.2) is 24.3 Å². The molecule has 0 amide bonds. The second-order valence-corrected chi connectivity index (χ2v) is 2.62. The Morgan fingerprint density at radius 2 is 2.15 bits per heavy atom. The SMILES string of the molecule is CCc1ccccc1OCC(=O)[O-]. The van der Waals surface area contributed by atoms with E-state index in [0.29, 0.717) is 5.75 Å². The molecule has 0 aliphatic carbocycles. The number of benzene rings is 1. The number of carboxylic acid groups (broad SMARTS) is 1. The van der Waals surface area contributed by atoms with Crippen LogP contribution in [0.4, 0.5) is 0 Å². The molecule has 0 saturated carbocycles. The largest absolute Gasteiger partial charge is 0.546 e. The maximum Gasteiger partial charge on any atom is 0.128 e. The zero-order valence-electron chi connectivity index (χ0n) is 7.45. The fourth-order valence-electron chi connectivity index (χ4n) is 1.07. The van der Waals surface area contributed by atoms with Crippen molar-refractivity contribution in [1.29, 1.82) is 0 Å². The number of aryl methyl sites for hydroxylation is 1. The molecule has 1 rings (SSSR count). The summed E-state index contributed by atoms with van der Waals surface area (Å²) in [5.41, 5.74) is 1.00. The van der Waals surface area contributed by atoms with E-state index >= 15 is 0 Å². The van der Waals surface area contributed by atoms with Crippen LogP contribution in [0.25, 0.3) is 0 Å². The van der Waals surface area contributed by atoms with Crippen molar-refractivity contribution in [3.8, 4) is 5.75 Å². The zero-order chi connectivity index (χ0) is 9.68. The van der Waals surface area contributed by atoms with Gasteiger partial charge in [-0.3, -0.25) is 0 Å². The number of carbonyl (C=O) groups excluding carboxylic acids is 1. The van der Waals surface area contributed by atoms with Crippen LogP contribution in [0.2, 0.25) is 0 Å². The third-order valence-electron chi connectivity index (χ3n) is 1.70. The first kappa shape index (κ1) is 9.58. The summed E-state index contributed by atoms with van der Waals surface area (Å²) in [6.07, 6.45) is 0.823. The van der Waals surface area contributed by atoms with E-state index in [0.717, 1.165) is 12.0 Å². The van der Waals surface area contributed by atoms with Crippen LogP contribution in [-0.2, 0) is 11.2 Å². The topological polar surface area (TPSA) is 49.4 Å². The molecule has 0 fully saturated rings. The highest BCUT2D eigenvalue weighted by Crippen LogP contribution is 2.17. The molecule has 1 aromatic carbocycles. The van der Waals surface area contributed by atoms with Gasteiger partial charge >= 0.3 is 0 Å². The number of hydrogen-bond donors (Lipinski definition) is 0. The normalized spacial score (nSPS) is 9.62. The van der Waals surface area contributed by atoms with Gasteiger partial charge in [-0.25, -0.2) is 0 Å². The molecule has 0 aromatic heterocycles. The van der Waals surface area contributed by atoms with Crippen molar-refractivity contribution < 1.29 is 14.6 Å². The minimum Gasteiger partial charge on any atom is -0.546 e. The summed E-state index contributed by atoms with van der Waals surface area (Å²) in [5, 5.41) is 10.1. The van der Waals surface area contributed by atoms with E-state index in [1.54, 1.807) is 6.07 Å². The zero-order valence-corrected chi connectivity index (χ0v) is 7.45. The molecular weight excluding hydrogens is 168 g/mol. The molecule has 0 atom stereocenters. The molecule has 3 nitrogen and oxygen atoms in total. The van der Waals surface area contributed by atoms with Gasteiger partial charge in [-0.1, -0.05) is 25.1 Å². The van der Waals surface area contributed by atoms with Crippen molar-refractivity contribution in [3.05, 3.63) is 29.8 Å². The molecular formula is C10H11O3-. The van der Waals surface area contributed by atoms with E-state index < -0.39 is 12.6 Å². The molecule has 0 aliphatic rings. The molecule has 0 saturated heterocycles. The van der Waals surface area contributed by atoms with Crippen LogP contribution in [0.1, 0.15) is 12.5 Å². The lowest BCUT2D eigenvalue weighted by atomic mass is 10.1. The van der Waals surface area contributed by atoms with E-state index in [1.807, 2.05) is 25.1 Å². The van der Waals surface area contributed by atoms with Crippen molar-refractivity contribution in [3.63, 3.8) is 0 Å². The van der Waals surface area contributed by atoms with Crippen molar-refractivity contribution in [1.82, 2.24) is 0 Å². The molecule has 13 heavy (non-hydrogen) atoms. The summed E-state index contributed by atoms with van der Waals surface area (Å²) >= 11 is 0. The second kappa shape index (κ2) is 4.50. The second-order valence-electron chi connectivity index (χ2n) is 2.62. The predicted molar refractivity (Wildman–Crippen MR) is 46.3 cm³/mol. The van der Waals surface area contributed by atoms with E-state index in [9.17, 15) is 9.90 Å². The highest BCUT2D eigenvalue weighted by Gasteiger charge is 1.99. The third kappa shape index (κ3) is 2.78. The monoisotopic (exact) mass is 179 g/mol. The number of hydrogen-bond acceptors (Lipinski definition) is 3. The molecule has 70 valence electrons. The minimum absolute atomic E-state index is 0.392. The van der Waals surface area contributed by atoms with Gasteiger partial charge < -0.3 is 14.6 Å². The minimum atomic E-state index is -1.20. The highest BCUT2D eigenvalue weighted by molar-refractivity contribution is 5.66. The lowest BCUT2D eigenvalue weighted by Crippen LogP contribution is -2.29. The van der Waals surface area contributed by atoms with Crippen LogP contribution in [0.3, 0.4) is 0 Å². The molecule has 0 radical (unpaired) electrons. The van der Waals surface area contributed by atoms with Gasteiger partial charge in [0.05, 0.1) is 5.97 Å². The molecule has 0 unspecified atom stereocenters. The van der Waals surface area contributed by atoms with Crippen LogP contribution >= 0.6 is 0 Å². The van der Waals surface area contributed by atoms with Crippen molar-refractivity contribution in [2.45, 2.75) is 13.3 Å². The number of aliphatic carboxylic acids is 1. The Labute approximate surface area is 77.0 Å². The Morgan fingerprint density at radius 3 is 2.77 bits per heavy atom. The number of para-hydroxylation sites is 1. The van der Waals surface area contributed by atoms with Crippen LogP contribution < -0.4 is 9.84 Å². The average Bonchev–Trinajstić information content (AvgIpc) is 2.15. The average molecular weight is 179 g/mol. The van der Waals surface area contributed by atoms with E-state index in [2.05, 4.69) is 0 Å². The Hall–Kier alpha value is -1.51. The Bertz CT molecular complexity index is 294. The highest BCUT2D eigenvalue weighted by atomic mass is 16.5. The summed E-state index contributed by atoms with van der Waals surface area (Å²) in [7, 11) is 0. The molecule has 0 bridgehead atoms. The molecule has 0 heterocycles. The summed E-state index contributed by atoms with van der Waals surface area (Å²) < 4.78 is 5.03. The summed E-state index contributed by atoms with van der Waals surface area (Å²) in [6.45, 7) is 1.60. The van der Waals surface area contributed by atoms with Gasteiger partial charge in [0.25, 0.3) is 0 Å². The molecule has 0 N–H and O–H groups in total. The number of carbonyl (C=O) groups is 1. The summed E-state index contributed by atoms with van der Waals surface area (Å²) in [6, 6.07) is 7.36. The lowest BCUT2D eigenvalue weighted by Gasteiger charge is -2.09. The van der Waals surface area contributed by atoms with Crippen LogP contribution in [0, 0.1) is 0 Å². The molecule has 0 aliphatic heterocycles. The van der Waals surface area contributed by atoms with Gasteiger partial charge in [0, 0.05) is 0 Å². The number of ether oxygens (including phenoxy) is 1. The van der Waals surface area contributed by atoms with Gasteiger partial charge in [0.15, 0.2) is 0 Å². The Morgan fingerprint density at radius 1 is 1.46 bits per heavy atom. The van der Waals surface area contributed by atoms with Gasteiger partial charge in [0.2, 0.25) is 0 Å².